The highest BCUT2D eigenvalue weighted by atomic mass is 16.5. The van der Waals surface area contributed by atoms with Gasteiger partial charge in [-0.25, -0.2) is 0 Å². The molecule has 0 unspecified atom stereocenters. The van der Waals surface area contributed by atoms with E-state index in [1.54, 1.807) is 0 Å². The molecule has 0 radical (unpaired) electrons. The normalized spacial score (nSPS) is 24.3. The van der Waals surface area contributed by atoms with E-state index in [1.165, 1.54) is 44.3 Å². The maximum absolute atomic E-state index is 6.21. The van der Waals surface area contributed by atoms with Crippen molar-refractivity contribution in [2.75, 3.05) is 50.8 Å². The van der Waals surface area contributed by atoms with Crippen LogP contribution in [0.15, 0.2) is 53.1 Å². The Bertz CT molecular complexity index is 1060. The van der Waals surface area contributed by atoms with Crippen LogP contribution < -0.4 is 9.64 Å². The Balaban J connectivity index is 0.998. The van der Waals surface area contributed by atoms with Gasteiger partial charge in [-0.05, 0) is 68.6 Å². The zero-order valence-electron chi connectivity index (χ0n) is 19.4. The Morgan fingerprint density at radius 1 is 0.909 bits per heavy atom. The molecule has 3 fully saturated rings. The van der Waals surface area contributed by atoms with Crippen molar-refractivity contribution in [3.05, 3.63) is 54.1 Å². The summed E-state index contributed by atoms with van der Waals surface area (Å²) in [4.78, 5) is 7.61. The summed E-state index contributed by atoms with van der Waals surface area (Å²) in [7, 11) is 0. The largest absolute Gasteiger partial charge is 0.493 e. The molecule has 0 spiro atoms. The lowest BCUT2D eigenvalue weighted by Crippen LogP contribution is -2.57. The fourth-order valence-electron chi connectivity index (χ4n) is 5.79. The number of likely N-dealkylation sites (tertiary alicyclic amines) is 1. The molecular weight excluding hydrogens is 412 g/mol. The van der Waals surface area contributed by atoms with Gasteiger partial charge in [0.2, 0.25) is 0 Å². The summed E-state index contributed by atoms with van der Waals surface area (Å²) >= 11 is 0. The van der Waals surface area contributed by atoms with Crippen molar-refractivity contribution in [3.8, 4) is 5.75 Å². The average molecular weight is 447 g/mol. The Labute approximate surface area is 196 Å². The van der Waals surface area contributed by atoms with Crippen LogP contribution >= 0.6 is 0 Å². The predicted octanol–water partition coefficient (Wildman–Crippen LogP) is 4.40. The molecule has 0 N–H and O–H groups in total. The van der Waals surface area contributed by atoms with E-state index in [0.29, 0.717) is 12.0 Å². The minimum absolute atomic E-state index is 0.593. The number of nitrogens with zero attached hydrogens (tertiary/aromatic N) is 4. The highest BCUT2D eigenvalue weighted by Gasteiger charge is 2.34. The molecule has 33 heavy (non-hydrogen) atoms. The second kappa shape index (κ2) is 9.35. The molecule has 1 aromatic heterocycles. The molecule has 6 heteroatoms. The Hall–Kier alpha value is -2.57. The number of hydrogen-bond acceptors (Lipinski definition) is 6. The van der Waals surface area contributed by atoms with Crippen molar-refractivity contribution in [1.29, 1.82) is 0 Å². The molecule has 3 aliphatic heterocycles. The highest BCUT2D eigenvalue weighted by Crippen LogP contribution is 2.31. The third-order valence-electron chi connectivity index (χ3n) is 7.68. The molecule has 4 heterocycles. The molecule has 2 aromatic carbocycles. The topological polar surface area (TPSA) is 45.0 Å². The summed E-state index contributed by atoms with van der Waals surface area (Å²) in [5.41, 5.74) is 2.27. The molecule has 6 rings (SSSR count). The van der Waals surface area contributed by atoms with Crippen molar-refractivity contribution in [3.63, 3.8) is 0 Å². The lowest BCUT2D eigenvalue weighted by Gasteiger charge is -2.46. The van der Waals surface area contributed by atoms with Crippen LogP contribution in [0.1, 0.15) is 31.2 Å². The van der Waals surface area contributed by atoms with Gasteiger partial charge in [0, 0.05) is 44.7 Å². The summed E-state index contributed by atoms with van der Waals surface area (Å²) in [5, 5.41) is 5.50. The van der Waals surface area contributed by atoms with Gasteiger partial charge in [0.05, 0.1) is 12.0 Å². The Morgan fingerprint density at radius 3 is 2.64 bits per heavy atom. The summed E-state index contributed by atoms with van der Waals surface area (Å²) in [5.74, 6) is 2.61. The third kappa shape index (κ3) is 4.59. The minimum atomic E-state index is 0.593. The van der Waals surface area contributed by atoms with Gasteiger partial charge in [0.1, 0.15) is 5.75 Å². The molecule has 174 valence electrons. The third-order valence-corrected chi connectivity index (χ3v) is 7.68. The van der Waals surface area contributed by atoms with Crippen molar-refractivity contribution in [2.24, 2.45) is 5.92 Å². The van der Waals surface area contributed by atoms with E-state index in [4.69, 9.17) is 9.26 Å². The van der Waals surface area contributed by atoms with Crippen molar-refractivity contribution >= 4 is 16.8 Å². The van der Waals surface area contributed by atoms with Gasteiger partial charge >= 0.3 is 0 Å². The average Bonchev–Trinajstić information content (AvgIpc) is 3.53. The minimum Gasteiger partial charge on any atom is -0.493 e. The first kappa shape index (κ1) is 21.0. The molecular formula is C27H34N4O2. The van der Waals surface area contributed by atoms with Crippen LogP contribution in [0.3, 0.4) is 0 Å². The van der Waals surface area contributed by atoms with Gasteiger partial charge in [-0.3, -0.25) is 9.80 Å². The summed E-state index contributed by atoms with van der Waals surface area (Å²) in [6.07, 6.45) is 5.13. The second-order valence-electron chi connectivity index (χ2n) is 9.98. The summed E-state index contributed by atoms with van der Waals surface area (Å²) in [6, 6.07) is 17.5. The van der Waals surface area contributed by atoms with Gasteiger partial charge in [-0.2, -0.15) is 0 Å². The van der Waals surface area contributed by atoms with Gasteiger partial charge in [-0.1, -0.05) is 29.4 Å². The number of piperazine rings is 1. The fourth-order valence-corrected chi connectivity index (χ4v) is 5.79. The lowest BCUT2D eigenvalue weighted by molar-refractivity contribution is 0.0727. The van der Waals surface area contributed by atoms with Crippen molar-refractivity contribution < 1.29 is 9.26 Å². The molecule has 3 saturated heterocycles. The zero-order chi connectivity index (χ0) is 22.0. The van der Waals surface area contributed by atoms with Crippen LogP contribution in [0.2, 0.25) is 0 Å². The number of hydrogen-bond donors (Lipinski definition) is 0. The molecule has 2 atom stereocenters. The number of fused-ring (bicyclic) bond motifs is 2. The number of aromatic nitrogens is 1. The molecule has 0 amide bonds. The monoisotopic (exact) mass is 446 g/mol. The van der Waals surface area contributed by atoms with Crippen molar-refractivity contribution in [2.45, 2.75) is 38.3 Å². The van der Waals surface area contributed by atoms with Crippen LogP contribution in [-0.2, 0) is 6.54 Å². The lowest BCUT2D eigenvalue weighted by atomic mass is 9.91. The summed E-state index contributed by atoms with van der Waals surface area (Å²) in [6.45, 7) is 8.60. The van der Waals surface area contributed by atoms with E-state index < -0.39 is 0 Å². The highest BCUT2D eigenvalue weighted by molar-refractivity contribution is 5.88. The quantitative estimate of drug-likeness (QED) is 0.559. The first-order chi connectivity index (χ1) is 16.3. The van der Waals surface area contributed by atoms with E-state index in [9.17, 15) is 0 Å². The molecule has 0 aliphatic carbocycles. The molecule has 6 nitrogen and oxygen atoms in total. The number of benzene rings is 2. The van der Waals surface area contributed by atoms with Gasteiger partial charge < -0.3 is 14.2 Å². The van der Waals surface area contributed by atoms with Crippen LogP contribution in [0.4, 0.5) is 5.82 Å². The van der Waals surface area contributed by atoms with Crippen LogP contribution in [-0.4, -0.2) is 66.9 Å². The number of piperidine rings is 1. The molecule has 3 aromatic rings. The first-order valence-electron chi connectivity index (χ1n) is 12.6. The SMILES string of the molecule is c1ccc2c(N3CCN4C[C@@H](COc5ccc(CN6CCCC6)cc5)CC[C@H]4C3)noc2c1. The maximum atomic E-state index is 6.21. The van der Waals surface area contributed by atoms with E-state index in [0.717, 1.165) is 61.9 Å². The maximum Gasteiger partial charge on any atom is 0.180 e. The van der Waals surface area contributed by atoms with E-state index in [2.05, 4.69) is 56.3 Å². The first-order valence-corrected chi connectivity index (χ1v) is 12.6. The fraction of sp³-hybridized carbons (Fsp3) is 0.519. The standard InChI is InChI=1S/C27H34N4O2/c1-2-6-26-25(5-1)27(28-33-26)31-16-15-30-18-22(7-10-23(30)19-31)20-32-24-11-8-21(9-12-24)17-29-13-3-4-14-29/h1-2,5-6,8-9,11-12,22-23H,3-4,7,10,13-20H2/t22-,23-/m0/s1. The smallest absolute Gasteiger partial charge is 0.180 e. The van der Waals surface area contributed by atoms with Gasteiger partial charge in [-0.15, -0.1) is 0 Å². The Morgan fingerprint density at radius 2 is 1.76 bits per heavy atom. The number of ether oxygens (including phenoxy) is 1. The van der Waals surface area contributed by atoms with Crippen LogP contribution in [0, 0.1) is 5.92 Å². The summed E-state index contributed by atoms with van der Waals surface area (Å²) < 4.78 is 11.8. The van der Waals surface area contributed by atoms with Gasteiger partial charge in [0.15, 0.2) is 11.4 Å². The molecule has 0 saturated carbocycles. The van der Waals surface area contributed by atoms with Gasteiger partial charge in [0.25, 0.3) is 0 Å². The number of anilines is 1. The van der Waals surface area contributed by atoms with E-state index >= 15 is 0 Å². The second-order valence-corrected chi connectivity index (χ2v) is 9.98. The number of para-hydroxylation sites is 1. The van der Waals surface area contributed by atoms with Crippen LogP contribution in [0.25, 0.3) is 11.0 Å². The van der Waals surface area contributed by atoms with E-state index in [1.807, 2.05) is 12.1 Å². The van der Waals surface area contributed by atoms with Crippen LogP contribution in [0.5, 0.6) is 5.75 Å². The number of rotatable bonds is 6. The zero-order valence-corrected chi connectivity index (χ0v) is 19.4. The molecule has 3 aliphatic rings. The molecule has 0 bridgehead atoms. The predicted molar refractivity (Wildman–Crippen MR) is 131 cm³/mol. The van der Waals surface area contributed by atoms with Crippen molar-refractivity contribution in [1.82, 2.24) is 15.0 Å². The van der Waals surface area contributed by atoms with E-state index in [-0.39, 0.29) is 0 Å². The Kier molecular flexibility index (Phi) is 5.95.